The number of benzene rings is 1. The number of pyridine rings is 1. The summed E-state index contributed by atoms with van der Waals surface area (Å²) >= 11 is 3.35. The number of halogens is 1. The van der Waals surface area contributed by atoms with E-state index in [2.05, 4.69) is 31.5 Å². The first-order chi connectivity index (χ1) is 11.1. The second kappa shape index (κ2) is 8.85. The summed E-state index contributed by atoms with van der Waals surface area (Å²) in [5.41, 5.74) is 1.43. The fraction of sp³-hybridized carbons (Fsp3) is 0.118. The molecule has 6 heteroatoms. The maximum atomic E-state index is 11.7. The van der Waals surface area contributed by atoms with Crippen LogP contribution in [0.4, 0.5) is 0 Å². The number of nitrogens with one attached hydrogen (secondary N) is 2. The molecule has 0 saturated carbocycles. The maximum Gasteiger partial charge on any atom is 0.252 e. The monoisotopic (exact) mass is 373 g/mol. The van der Waals surface area contributed by atoms with Gasteiger partial charge in [-0.05, 0) is 35.9 Å². The summed E-state index contributed by atoms with van der Waals surface area (Å²) in [6.45, 7) is 0.709. The van der Waals surface area contributed by atoms with Crippen LogP contribution in [0.25, 0.3) is 6.08 Å². The number of carbonyl (C=O) groups excluding carboxylic acids is 2. The smallest absolute Gasteiger partial charge is 0.252 e. The van der Waals surface area contributed by atoms with Gasteiger partial charge in [0.2, 0.25) is 5.91 Å². The van der Waals surface area contributed by atoms with Crippen LogP contribution < -0.4 is 10.6 Å². The third-order valence-corrected chi connectivity index (χ3v) is 3.46. The van der Waals surface area contributed by atoms with Crippen molar-refractivity contribution < 1.29 is 9.59 Å². The molecule has 0 unspecified atom stereocenters. The highest BCUT2D eigenvalue weighted by molar-refractivity contribution is 9.10. The molecule has 0 aliphatic carbocycles. The molecular weight excluding hydrogens is 358 g/mol. The Labute approximate surface area is 142 Å². The van der Waals surface area contributed by atoms with Gasteiger partial charge in [0.15, 0.2) is 0 Å². The summed E-state index contributed by atoms with van der Waals surface area (Å²) in [6.07, 6.45) is 6.30. The highest BCUT2D eigenvalue weighted by atomic mass is 79.9. The third-order valence-electron chi connectivity index (χ3n) is 2.93. The zero-order valence-corrected chi connectivity index (χ0v) is 13.9. The van der Waals surface area contributed by atoms with Gasteiger partial charge < -0.3 is 10.6 Å². The summed E-state index contributed by atoms with van der Waals surface area (Å²) in [6, 6.07) is 11.0. The van der Waals surface area contributed by atoms with Crippen LogP contribution in [0, 0.1) is 0 Å². The lowest BCUT2D eigenvalue weighted by atomic mass is 10.2. The third kappa shape index (κ3) is 6.04. The number of aromatic nitrogens is 1. The highest BCUT2D eigenvalue weighted by Crippen LogP contribution is 2.11. The topological polar surface area (TPSA) is 71.1 Å². The van der Waals surface area contributed by atoms with Crippen molar-refractivity contribution in [2.45, 2.75) is 0 Å². The Bertz CT molecular complexity index is 685. The number of nitrogens with zero attached hydrogens (tertiary/aromatic N) is 1. The molecule has 0 bridgehead atoms. The van der Waals surface area contributed by atoms with Crippen molar-refractivity contribution in [3.8, 4) is 0 Å². The van der Waals surface area contributed by atoms with Crippen LogP contribution in [0.1, 0.15) is 15.9 Å². The average Bonchev–Trinajstić information content (AvgIpc) is 2.59. The molecule has 2 N–H and O–H groups in total. The second-order valence-corrected chi connectivity index (χ2v) is 5.59. The molecule has 118 valence electrons. The van der Waals surface area contributed by atoms with Gasteiger partial charge in [0, 0.05) is 36.0 Å². The van der Waals surface area contributed by atoms with Gasteiger partial charge >= 0.3 is 0 Å². The van der Waals surface area contributed by atoms with Gasteiger partial charge in [-0.1, -0.05) is 28.1 Å². The molecule has 0 aliphatic heterocycles. The van der Waals surface area contributed by atoms with Crippen LogP contribution in [0.3, 0.4) is 0 Å². The molecule has 2 aromatic rings. The standard InChI is InChI=1S/C17H16BrN3O2/c18-15-6-3-13(4-7-15)5-8-16(22)20-10-11-21-17(23)14-2-1-9-19-12-14/h1-9,12H,10-11H2,(H,20,22)(H,21,23)/b8-5+. The molecule has 0 saturated heterocycles. The average molecular weight is 374 g/mol. The first kappa shape index (κ1) is 16.9. The van der Waals surface area contributed by atoms with Crippen molar-refractivity contribution in [3.05, 3.63) is 70.5 Å². The van der Waals surface area contributed by atoms with E-state index in [0.29, 0.717) is 18.7 Å². The Morgan fingerprint density at radius 1 is 1.09 bits per heavy atom. The normalized spacial score (nSPS) is 10.5. The van der Waals surface area contributed by atoms with Crippen molar-refractivity contribution in [2.75, 3.05) is 13.1 Å². The lowest BCUT2D eigenvalue weighted by Gasteiger charge is -2.05. The van der Waals surface area contributed by atoms with Gasteiger partial charge in [0.05, 0.1) is 5.56 Å². The van der Waals surface area contributed by atoms with Crippen molar-refractivity contribution in [3.63, 3.8) is 0 Å². The number of amides is 2. The molecule has 5 nitrogen and oxygen atoms in total. The molecule has 23 heavy (non-hydrogen) atoms. The van der Waals surface area contributed by atoms with Crippen molar-refractivity contribution in [2.24, 2.45) is 0 Å². The molecule has 2 rings (SSSR count). The van der Waals surface area contributed by atoms with Gasteiger partial charge in [0.1, 0.15) is 0 Å². The number of hydrogen-bond acceptors (Lipinski definition) is 3. The maximum absolute atomic E-state index is 11.7. The lowest BCUT2D eigenvalue weighted by Crippen LogP contribution is -2.34. The van der Waals surface area contributed by atoms with Crippen LogP contribution in [0.5, 0.6) is 0 Å². The summed E-state index contributed by atoms with van der Waals surface area (Å²) < 4.78 is 0.989. The van der Waals surface area contributed by atoms with Gasteiger partial charge in [-0.15, -0.1) is 0 Å². The van der Waals surface area contributed by atoms with Crippen molar-refractivity contribution >= 4 is 33.8 Å². The summed E-state index contributed by atoms with van der Waals surface area (Å²) in [7, 11) is 0. The van der Waals surface area contributed by atoms with Crippen molar-refractivity contribution in [1.82, 2.24) is 15.6 Å². The molecular formula is C17H16BrN3O2. The largest absolute Gasteiger partial charge is 0.351 e. The van der Waals surface area contributed by atoms with Gasteiger partial charge in [-0.3, -0.25) is 14.6 Å². The van der Waals surface area contributed by atoms with Gasteiger partial charge in [0.25, 0.3) is 5.91 Å². The van der Waals surface area contributed by atoms with Crippen LogP contribution >= 0.6 is 15.9 Å². The highest BCUT2D eigenvalue weighted by Gasteiger charge is 2.03. The first-order valence-corrected chi connectivity index (χ1v) is 7.84. The second-order valence-electron chi connectivity index (χ2n) is 4.67. The van der Waals surface area contributed by atoms with E-state index in [1.807, 2.05) is 24.3 Å². The number of carbonyl (C=O) groups is 2. The Morgan fingerprint density at radius 3 is 2.52 bits per heavy atom. The van der Waals surface area contributed by atoms with E-state index in [9.17, 15) is 9.59 Å². The zero-order chi connectivity index (χ0) is 16.5. The Balaban J connectivity index is 1.69. The summed E-state index contributed by atoms with van der Waals surface area (Å²) in [4.78, 5) is 27.3. The summed E-state index contributed by atoms with van der Waals surface area (Å²) in [5, 5.41) is 5.42. The van der Waals surface area contributed by atoms with E-state index in [-0.39, 0.29) is 11.8 Å². The molecule has 1 aromatic heterocycles. The Kier molecular flexibility index (Phi) is 6.50. The van der Waals surface area contributed by atoms with Crippen LogP contribution in [0.15, 0.2) is 59.3 Å². The molecule has 0 spiro atoms. The zero-order valence-electron chi connectivity index (χ0n) is 12.3. The van der Waals surface area contributed by atoms with Crippen molar-refractivity contribution in [1.29, 1.82) is 0 Å². The Morgan fingerprint density at radius 2 is 1.83 bits per heavy atom. The molecule has 0 fully saturated rings. The van der Waals surface area contributed by atoms with Crippen LogP contribution in [-0.4, -0.2) is 29.9 Å². The molecule has 0 aliphatic rings. The Hall–Kier alpha value is -2.47. The minimum absolute atomic E-state index is 0.205. The summed E-state index contributed by atoms with van der Waals surface area (Å²) in [5.74, 6) is -0.415. The van der Waals surface area contributed by atoms with Gasteiger partial charge in [-0.2, -0.15) is 0 Å². The van der Waals surface area contributed by atoms with Gasteiger partial charge in [-0.25, -0.2) is 0 Å². The van der Waals surface area contributed by atoms with E-state index >= 15 is 0 Å². The lowest BCUT2D eigenvalue weighted by molar-refractivity contribution is -0.116. The number of hydrogen-bond donors (Lipinski definition) is 2. The van der Waals surface area contributed by atoms with E-state index in [0.717, 1.165) is 10.0 Å². The van der Waals surface area contributed by atoms with Crippen LogP contribution in [-0.2, 0) is 4.79 Å². The van der Waals surface area contributed by atoms with E-state index in [1.165, 1.54) is 12.3 Å². The molecule has 0 radical (unpaired) electrons. The first-order valence-electron chi connectivity index (χ1n) is 7.05. The molecule has 1 heterocycles. The van der Waals surface area contributed by atoms with E-state index < -0.39 is 0 Å². The fourth-order valence-corrected chi connectivity index (χ4v) is 2.03. The quantitative estimate of drug-likeness (QED) is 0.603. The molecule has 1 aromatic carbocycles. The van der Waals surface area contributed by atoms with E-state index in [4.69, 9.17) is 0 Å². The van der Waals surface area contributed by atoms with E-state index in [1.54, 1.807) is 24.4 Å². The molecule has 2 amide bonds. The minimum atomic E-state index is -0.210. The van der Waals surface area contributed by atoms with Crippen LogP contribution in [0.2, 0.25) is 0 Å². The SMILES string of the molecule is O=C(/C=C/c1ccc(Br)cc1)NCCNC(=O)c1cccnc1. The molecule has 0 atom stereocenters. The predicted molar refractivity (Wildman–Crippen MR) is 92.8 cm³/mol. The minimum Gasteiger partial charge on any atom is -0.351 e. The fourth-order valence-electron chi connectivity index (χ4n) is 1.77. The predicted octanol–water partition coefficient (Wildman–Crippen LogP) is 2.40. The number of rotatable bonds is 6.